The third kappa shape index (κ3) is 6.38. The summed E-state index contributed by atoms with van der Waals surface area (Å²) in [7, 11) is 0. The van der Waals surface area contributed by atoms with E-state index in [0.717, 1.165) is 4.47 Å². The van der Waals surface area contributed by atoms with Crippen LogP contribution in [0.15, 0.2) is 57.9 Å². The van der Waals surface area contributed by atoms with Gasteiger partial charge in [0.05, 0.1) is 37.0 Å². The average Bonchev–Trinajstić information content (AvgIpc) is 2.80. The van der Waals surface area contributed by atoms with Gasteiger partial charge in [-0.15, -0.1) is 11.8 Å². The fourth-order valence-electron chi connectivity index (χ4n) is 2.78. The minimum Gasteiger partial charge on any atom is -0.478 e. The van der Waals surface area contributed by atoms with Crippen molar-refractivity contribution in [2.45, 2.75) is 4.90 Å². The monoisotopic (exact) mass is 620 g/mol. The number of halogens is 5. The third-order valence-corrected chi connectivity index (χ3v) is 7.62. The zero-order valence-electron chi connectivity index (χ0n) is 16.8. The summed E-state index contributed by atoms with van der Waals surface area (Å²) in [6.07, 6.45) is 0. The first-order chi connectivity index (χ1) is 16.1. The molecule has 0 aliphatic heterocycles. The van der Waals surface area contributed by atoms with Crippen molar-refractivity contribution in [3.05, 3.63) is 84.2 Å². The number of hydrogen-bond donors (Lipinski definition) is 3. The lowest BCUT2D eigenvalue weighted by atomic mass is 10.1. The summed E-state index contributed by atoms with van der Waals surface area (Å²) in [5.74, 6) is -2.40. The van der Waals surface area contributed by atoms with Crippen LogP contribution in [0.25, 0.3) is 0 Å². The molecule has 0 spiro atoms. The zero-order valence-corrected chi connectivity index (χ0v) is 22.2. The standard InChI is InChI=1S/C22H13BrCl4N2O4S/c23-10-4-6-11(7-5-10)28-14(30)9-34-13-3-1-2-12(8-13)29-21(31)15-16(22(32)33)18(25)20(27)19(26)17(15)24/h1-8H,9H2,(H,28,30)(H,29,31)(H,32,33). The number of carboxylic acids is 1. The predicted octanol–water partition coefficient (Wildman–Crippen LogP) is 7.74. The molecule has 3 aromatic rings. The van der Waals surface area contributed by atoms with E-state index in [0.29, 0.717) is 16.3 Å². The molecule has 0 radical (unpaired) electrons. The van der Waals surface area contributed by atoms with Gasteiger partial charge in [-0.2, -0.15) is 0 Å². The molecule has 0 saturated carbocycles. The fraction of sp³-hybridized carbons (Fsp3) is 0.0455. The van der Waals surface area contributed by atoms with Crippen LogP contribution in [0.3, 0.4) is 0 Å². The van der Waals surface area contributed by atoms with Crippen molar-refractivity contribution in [3.8, 4) is 0 Å². The molecule has 3 N–H and O–H groups in total. The lowest BCUT2D eigenvalue weighted by molar-refractivity contribution is -0.113. The van der Waals surface area contributed by atoms with Gasteiger partial charge in [0.15, 0.2) is 0 Å². The number of carboxylic acid groups (broad SMARTS) is 1. The predicted molar refractivity (Wildman–Crippen MR) is 141 cm³/mol. The molecule has 0 fully saturated rings. The van der Waals surface area contributed by atoms with E-state index in [2.05, 4.69) is 26.6 Å². The summed E-state index contributed by atoms with van der Waals surface area (Å²) in [4.78, 5) is 37.5. The van der Waals surface area contributed by atoms with Crippen LogP contribution in [-0.4, -0.2) is 28.6 Å². The molecule has 0 aromatic heterocycles. The van der Waals surface area contributed by atoms with Crippen LogP contribution >= 0.6 is 74.1 Å². The summed E-state index contributed by atoms with van der Waals surface area (Å²) >= 11 is 28.6. The van der Waals surface area contributed by atoms with Gasteiger partial charge in [-0.3, -0.25) is 9.59 Å². The van der Waals surface area contributed by atoms with E-state index in [9.17, 15) is 19.5 Å². The number of benzene rings is 3. The Morgan fingerprint density at radius 3 is 2.06 bits per heavy atom. The van der Waals surface area contributed by atoms with Crippen molar-refractivity contribution in [1.29, 1.82) is 0 Å². The molecule has 3 rings (SSSR count). The highest BCUT2D eigenvalue weighted by Crippen LogP contribution is 2.41. The quantitative estimate of drug-likeness (QED) is 0.142. The highest BCUT2D eigenvalue weighted by molar-refractivity contribution is 9.10. The number of carbonyl (C=O) groups is 3. The summed E-state index contributed by atoms with van der Waals surface area (Å²) in [6, 6.07) is 13.8. The van der Waals surface area contributed by atoms with Gasteiger partial charge < -0.3 is 15.7 Å². The van der Waals surface area contributed by atoms with Gasteiger partial charge in [-0.1, -0.05) is 68.4 Å². The van der Waals surface area contributed by atoms with E-state index in [1.54, 1.807) is 36.4 Å². The molecule has 2 amide bonds. The third-order valence-electron chi connectivity index (χ3n) is 4.30. The Kier molecular flexibility index (Phi) is 9.14. The van der Waals surface area contributed by atoms with Crippen LogP contribution < -0.4 is 10.6 Å². The number of rotatable bonds is 7. The number of amides is 2. The molecule has 34 heavy (non-hydrogen) atoms. The average molecular weight is 623 g/mol. The maximum absolute atomic E-state index is 12.9. The van der Waals surface area contributed by atoms with Gasteiger partial charge in [0, 0.05) is 20.7 Å². The first-order valence-corrected chi connectivity index (χ1v) is 12.6. The van der Waals surface area contributed by atoms with Crippen LogP contribution in [-0.2, 0) is 4.79 Å². The Bertz CT molecular complexity index is 1290. The Balaban J connectivity index is 1.73. The van der Waals surface area contributed by atoms with Crippen molar-refractivity contribution < 1.29 is 19.5 Å². The molecule has 0 atom stereocenters. The van der Waals surface area contributed by atoms with Crippen LogP contribution in [0, 0.1) is 0 Å². The lowest BCUT2D eigenvalue weighted by Crippen LogP contribution is -2.18. The van der Waals surface area contributed by atoms with Crippen molar-refractivity contribution in [3.63, 3.8) is 0 Å². The van der Waals surface area contributed by atoms with E-state index in [4.69, 9.17) is 46.4 Å². The molecule has 0 unspecified atom stereocenters. The second-order valence-electron chi connectivity index (χ2n) is 6.64. The highest BCUT2D eigenvalue weighted by Gasteiger charge is 2.29. The first-order valence-electron chi connectivity index (χ1n) is 9.27. The van der Waals surface area contributed by atoms with E-state index in [1.165, 1.54) is 11.8 Å². The minimum absolute atomic E-state index is 0.130. The normalized spacial score (nSPS) is 10.6. The van der Waals surface area contributed by atoms with E-state index >= 15 is 0 Å². The Morgan fingerprint density at radius 1 is 0.824 bits per heavy atom. The maximum Gasteiger partial charge on any atom is 0.338 e. The second-order valence-corrected chi connectivity index (χ2v) is 10.1. The number of anilines is 2. The topological polar surface area (TPSA) is 95.5 Å². The lowest BCUT2D eigenvalue weighted by Gasteiger charge is -2.14. The molecule has 0 saturated heterocycles. The molecule has 3 aromatic carbocycles. The molecular weight excluding hydrogens is 610 g/mol. The Labute approximate surface area is 227 Å². The Morgan fingerprint density at radius 2 is 1.44 bits per heavy atom. The minimum atomic E-state index is -1.49. The van der Waals surface area contributed by atoms with Gasteiger partial charge >= 0.3 is 5.97 Å². The fourth-order valence-corrected chi connectivity index (χ4v) is 4.82. The molecule has 0 heterocycles. The molecular formula is C22H13BrCl4N2O4S. The number of nitrogens with one attached hydrogen (secondary N) is 2. The van der Waals surface area contributed by atoms with Crippen molar-refractivity contribution in [1.82, 2.24) is 0 Å². The molecule has 0 bridgehead atoms. The number of carbonyl (C=O) groups excluding carboxylic acids is 2. The van der Waals surface area contributed by atoms with E-state index in [1.807, 2.05) is 12.1 Å². The van der Waals surface area contributed by atoms with Gasteiger partial charge in [-0.25, -0.2) is 4.79 Å². The molecule has 12 heteroatoms. The van der Waals surface area contributed by atoms with Gasteiger partial charge in [0.1, 0.15) is 0 Å². The molecule has 6 nitrogen and oxygen atoms in total. The summed E-state index contributed by atoms with van der Waals surface area (Å²) < 4.78 is 0.902. The molecule has 176 valence electrons. The number of hydrogen-bond acceptors (Lipinski definition) is 4. The van der Waals surface area contributed by atoms with Crippen molar-refractivity contribution >= 4 is 103 Å². The summed E-state index contributed by atoms with van der Waals surface area (Å²) in [6.45, 7) is 0. The second kappa shape index (κ2) is 11.7. The molecule has 0 aliphatic rings. The summed E-state index contributed by atoms with van der Waals surface area (Å²) in [5, 5.41) is 13.7. The van der Waals surface area contributed by atoms with Crippen LogP contribution in [0.2, 0.25) is 20.1 Å². The number of thioether (sulfide) groups is 1. The van der Waals surface area contributed by atoms with Crippen molar-refractivity contribution in [2.75, 3.05) is 16.4 Å². The van der Waals surface area contributed by atoms with E-state index in [-0.39, 0.29) is 26.7 Å². The maximum atomic E-state index is 12.9. The highest BCUT2D eigenvalue weighted by atomic mass is 79.9. The van der Waals surface area contributed by atoms with Crippen molar-refractivity contribution in [2.24, 2.45) is 0 Å². The van der Waals surface area contributed by atoms with Crippen LogP contribution in [0.1, 0.15) is 20.7 Å². The van der Waals surface area contributed by atoms with Gasteiger partial charge in [-0.05, 0) is 42.5 Å². The van der Waals surface area contributed by atoms with Crippen LogP contribution in [0.5, 0.6) is 0 Å². The first kappa shape index (κ1) is 26.7. The summed E-state index contributed by atoms with van der Waals surface area (Å²) in [5.41, 5.74) is 0.0355. The van der Waals surface area contributed by atoms with E-state index < -0.39 is 28.0 Å². The molecule has 0 aliphatic carbocycles. The largest absolute Gasteiger partial charge is 0.478 e. The Hall–Kier alpha value is -1.94. The smallest absolute Gasteiger partial charge is 0.338 e. The van der Waals surface area contributed by atoms with Crippen LogP contribution in [0.4, 0.5) is 11.4 Å². The number of aromatic carboxylic acids is 1. The zero-order chi connectivity index (χ0) is 25.0. The van der Waals surface area contributed by atoms with Gasteiger partial charge in [0.2, 0.25) is 5.91 Å². The van der Waals surface area contributed by atoms with Gasteiger partial charge in [0.25, 0.3) is 5.91 Å². The SMILES string of the molecule is O=C(CSc1cccc(NC(=O)c2c(Cl)c(Cl)c(Cl)c(Cl)c2C(=O)O)c1)Nc1ccc(Br)cc1.